The van der Waals surface area contributed by atoms with Gasteiger partial charge in [0.25, 0.3) is 0 Å². The molecule has 6 nitrogen and oxygen atoms in total. The highest BCUT2D eigenvalue weighted by atomic mass is 35.5. The fourth-order valence-electron chi connectivity index (χ4n) is 3.80. The smallest absolute Gasteiger partial charge is 0.237 e. The maximum Gasteiger partial charge on any atom is 0.237 e. The molecule has 1 fully saturated rings. The Morgan fingerprint density at radius 1 is 1.06 bits per heavy atom. The van der Waals surface area contributed by atoms with E-state index in [2.05, 4.69) is 37.1 Å². The summed E-state index contributed by atoms with van der Waals surface area (Å²) in [5.41, 5.74) is 1.67. The zero-order valence-corrected chi connectivity index (χ0v) is 20.8. The summed E-state index contributed by atoms with van der Waals surface area (Å²) in [6, 6.07) is 15.3. The van der Waals surface area contributed by atoms with E-state index in [1.54, 1.807) is 18.2 Å². The summed E-state index contributed by atoms with van der Waals surface area (Å²) < 4.78 is 2.13. The number of hydrogen-bond donors (Lipinski definition) is 1. The zero-order valence-electron chi connectivity index (χ0n) is 18.5. The molecule has 174 valence electrons. The molecule has 0 bridgehead atoms. The predicted molar refractivity (Wildman–Crippen MR) is 135 cm³/mol. The maximum absolute atomic E-state index is 12.9. The highest BCUT2D eigenvalue weighted by Crippen LogP contribution is 2.28. The van der Waals surface area contributed by atoms with Crippen molar-refractivity contribution in [3.05, 3.63) is 70.0 Å². The van der Waals surface area contributed by atoms with Gasteiger partial charge in [0, 0.05) is 5.02 Å². The van der Waals surface area contributed by atoms with E-state index in [1.165, 1.54) is 36.6 Å². The first kappa shape index (κ1) is 24.1. The van der Waals surface area contributed by atoms with Gasteiger partial charge >= 0.3 is 0 Å². The molecule has 9 heteroatoms. The Kier molecular flexibility index (Phi) is 8.30. The molecular weight excluding hydrogens is 477 g/mol. The maximum atomic E-state index is 12.9. The third kappa shape index (κ3) is 6.51. The SMILES string of the molecule is CC(Sc1nnc(CN2CCCCC2)n1Cc1ccccc1)C(=O)Nc1cc(Cl)ccc1Cl. The normalized spacial score (nSPS) is 15.4. The second-order valence-electron chi connectivity index (χ2n) is 8.18. The van der Waals surface area contributed by atoms with Gasteiger partial charge in [-0.2, -0.15) is 0 Å². The number of rotatable bonds is 8. The third-order valence-electron chi connectivity index (χ3n) is 5.63. The monoisotopic (exact) mass is 503 g/mol. The van der Waals surface area contributed by atoms with Crippen LogP contribution in [-0.4, -0.2) is 43.9 Å². The lowest BCUT2D eigenvalue weighted by Gasteiger charge is -2.26. The van der Waals surface area contributed by atoms with Crippen molar-refractivity contribution in [3.8, 4) is 0 Å². The van der Waals surface area contributed by atoms with Crippen LogP contribution in [-0.2, 0) is 17.9 Å². The van der Waals surface area contributed by atoms with Crippen LogP contribution in [0, 0.1) is 0 Å². The number of thioether (sulfide) groups is 1. The molecule has 33 heavy (non-hydrogen) atoms. The van der Waals surface area contributed by atoms with Crippen LogP contribution in [0.4, 0.5) is 5.69 Å². The highest BCUT2D eigenvalue weighted by Gasteiger charge is 2.22. The Hall–Kier alpha value is -2.06. The molecule has 4 rings (SSSR count). The lowest BCUT2D eigenvalue weighted by atomic mass is 10.1. The van der Waals surface area contributed by atoms with Gasteiger partial charge in [-0.05, 0) is 56.6 Å². The number of carbonyl (C=O) groups excluding carboxylic acids is 1. The lowest BCUT2D eigenvalue weighted by Crippen LogP contribution is -2.30. The molecule has 1 aliphatic heterocycles. The molecular formula is C24H27Cl2N5OS. The number of aromatic nitrogens is 3. The summed E-state index contributed by atoms with van der Waals surface area (Å²) in [5.74, 6) is 0.754. The Morgan fingerprint density at radius 3 is 2.58 bits per heavy atom. The first-order chi connectivity index (χ1) is 16.0. The van der Waals surface area contributed by atoms with Crippen LogP contribution in [0.5, 0.6) is 0 Å². The molecule has 1 N–H and O–H groups in total. The van der Waals surface area contributed by atoms with Crippen molar-refractivity contribution in [2.45, 2.75) is 49.7 Å². The van der Waals surface area contributed by atoms with Gasteiger partial charge in [-0.25, -0.2) is 0 Å². The number of likely N-dealkylation sites (tertiary alicyclic amines) is 1. The predicted octanol–water partition coefficient (Wildman–Crippen LogP) is 5.74. The molecule has 1 atom stereocenters. The van der Waals surface area contributed by atoms with Crippen molar-refractivity contribution >= 4 is 46.6 Å². The van der Waals surface area contributed by atoms with E-state index in [0.717, 1.165) is 30.6 Å². The fourth-order valence-corrected chi connectivity index (χ4v) is 5.01. The standard InChI is InChI=1S/C24H27Cl2N5OS/c1-17(23(32)27-21-14-19(25)10-11-20(21)26)33-24-29-28-22(16-30-12-6-3-7-13-30)31(24)15-18-8-4-2-5-9-18/h2,4-5,8-11,14,17H,3,6-7,12-13,15-16H2,1H3,(H,27,32). The summed E-state index contributed by atoms with van der Waals surface area (Å²) in [4.78, 5) is 15.3. The number of carbonyl (C=O) groups is 1. The number of halogens is 2. The Labute approximate surface area is 208 Å². The van der Waals surface area contributed by atoms with Gasteiger partial charge in [-0.3, -0.25) is 9.69 Å². The third-order valence-corrected chi connectivity index (χ3v) is 7.27. The highest BCUT2D eigenvalue weighted by molar-refractivity contribution is 8.00. The van der Waals surface area contributed by atoms with Crippen LogP contribution in [0.25, 0.3) is 0 Å². The number of piperidine rings is 1. The molecule has 0 spiro atoms. The first-order valence-corrected chi connectivity index (χ1v) is 12.7. The van der Waals surface area contributed by atoms with E-state index >= 15 is 0 Å². The van der Waals surface area contributed by atoms with Crippen molar-refractivity contribution < 1.29 is 4.79 Å². The molecule has 0 aliphatic carbocycles. The average Bonchev–Trinajstić information content (AvgIpc) is 3.18. The summed E-state index contributed by atoms with van der Waals surface area (Å²) in [6.45, 7) is 5.44. The van der Waals surface area contributed by atoms with E-state index in [1.807, 2.05) is 25.1 Å². The summed E-state index contributed by atoms with van der Waals surface area (Å²) in [6.07, 6.45) is 3.73. The van der Waals surface area contributed by atoms with Crippen molar-refractivity contribution in [1.29, 1.82) is 0 Å². The van der Waals surface area contributed by atoms with Gasteiger partial charge in [0.05, 0.1) is 29.0 Å². The van der Waals surface area contributed by atoms with Gasteiger partial charge in [-0.15, -0.1) is 10.2 Å². The van der Waals surface area contributed by atoms with Crippen LogP contribution < -0.4 is 5.32 Å². The van der Waals surface area contributed by atoms with E-state index in [9.17, 15) is 4.79 Å². The van der Waals surface area contributed by atoms with Crippen LogP contribution in [0.15, 0.2) is 53.7 Å². The molecule has 2 aromatic carbocycles. The second kappa shape index (κ2) is 11.4. The number of nitrogens with one attached hydrogen (secondary N) is 1. The number of anilines is 1. The van der Waals surface area contributed by atoms with Gasteiger partial charge in [0.1, 0.15) is 5.82 Å². The second-order valence-corrected chi connectivity index (χ2v) is 10.3. The molecule has 1 unspecified atom stereocenters. The van der Waals surface area contributed by atoms with Crippen LogP contribution in [0.2, 0.25) is 10.0 Å². The largest absolute Gasteiger partial charge is 0.324 e. The summed E-state index contributed by atoms with van der Waals surface area (Å²) in [7, 11) is 0. The summed E-state index contributed by atoms with van der Waals surface area (Å²) >= 11 is 13.6. The van der Waals surface area contributed by atoms with Crippen molar-refractivity contribution in [2.24, 2.45) is 0 Å². The fraction of sp³-hybridized carbons (Fsp3) is 0.375. The van der Waals surface area contributed by atoms with Crippen LogP contribution in [0.3, 0.4) is 0 Å². The van der Waals surface area contributed by atoms with Crippen LogP contribution in [0.1, 0.15) is 37.6 Å². The number of hydrogen-bond acceptors (Lipinski definition) is 5. The lowest BCUT2D eigenvalue weighted by molar-refractivity contribution is -0.115. The van der Waals surface area contributed by atoms with Gasteiger partial charge < -0.3 is 9.88 Å². The minimum absolute atomic E-state index is 0.170. The molecule has 0 saturated carbocycles. The van der Waals surface area contributed by atoms with Gasteiger partial charge in [0.15, 0.2) is 5.16 Å². The van der Waals surface area contributed by atoms with Gasteiger partial charge in [-0.1, -0.05) is 71.7 Å². The number of benzene rings is 2. The molecule has 0 radical (unpaired) electrons. The molecule has 2 heterocycles. The minimum atomic E-state index is -0.401. The number of nitrogens with zero attached hydrogens (tertiary/aromatic N) is 4. The van der Waals surface area contributed by atoms with E-state index in [-0.39, 0.29) is 5.91 Å². The minimum Gasteiger partial charge on any atom is -0.324 e. The van der Waals surface area contributed by atoms with Crippen molar-refractivity contribution in [1.82, 2.24) is 19.7 Å². The average molecular weight is 504 g/mol. The van der Waals surface area contributed by atoms with Gasteiger partial charge in [0.2, 0.25) is 5.91 Å². The first-order valence-electron chi connectivity index (χ1n) is 11.1. The molecule has 3 aromatic rings. The molecule has 1 aromatic heterocycles. The quantitative estimate of drug-likeness (QED) is 0.397. The Morgan fingerprint density at radius 2 is 1.82 bits per heavy atom. The van der Waals surface area contributed by atoms with Crippen molar-refractivity contribution in [3.63, 3.8) is 0 Å². The van der Waals surface area contributed by atoms with E-state index in [0.29, 0.717) is 22.3 Å². The summed E-state index contributed by atoms with van der Waals surface area (Å²) in [5, 5.41) is 13.1. The van der Waals surface area contributed by atoms with Crippen LogP contribution >= 0.6 is 35.0 Å². The Bertz CT molecular complexity index is 1090. The van der Waals surface area contributed by atoms with E-state index in [4.69, 9.17) is 23.2 Å². The molecule has 1 aliphatic rings. The van der Waals surface area contributed by atoms with E-state index < -0.39 is 5.25 Å². The van der Waals surface area contributed by atoms with Crippen molar-refractivity contribution in [2.75, 3.05) is 18.4 Å². The Balaban J connectivity index is 1.51. The molecule has 1 saturated heterocycles. The number of amides is 1. The topological polar surface area (TPSA) is 63.1 Å². The zero-order chi connectivity index (χ0) is 23.2. The molecule has 1 amide bonds.